The Morgan fingerprint density at radius 2 is 1.92 bits per heavy atom. The van der Waals surface area contributed by atoms with Crippen molar-refractivity contribution < 1.29 is 9.53 Å². The second kappa shape index (κ2) is 8.42. The van der Waals surface area contributed by atoms with E-state index in [9.17, 15) is 4.79 Å². The first-order valence-corrected chi connectivity index (χ1v) is 8.18. The molecule has 0 atom stereocenters. The van der Waals surface area contributed by atoms with Crippen LogP contribution >= 0.6 is 0 Å². The first-order chi connectivity index (χ1) is 11.8. The molecule has 0 bridgehead atoms. The number of ether oxygens (including phenoxy) is 1. The van der Waals surface area contributed by atoms with Crippen LogP contribution < -0.4 is 10.6 Å². The second-order valence-electron chi connectivity index (χ2n) is 5.63. The third-order valence-electron chi connectivity index (χ3n) is 3.87. The zero-order valence-corrected chi connectivity index (χ0v) is 13.6. The predicted molar refractivity (Wildman–Crippen MR) is 93.6 cm³/mol. The molecule has 2 N–H and O–H groups in total. The molecule has 126 valence electrons. The number of carbonyl (C=O) groups excluding carboxylic acids is 1. The van der Waals surface area contributed by atoms with Crippen LogP contribution in [0.2, 0.25) is 0 Å². The number of rotatable bonds is 6. The lowest BCUT2D eigenvalue weighted by Gasteiger charge is -2.26. The quantitative estimate of drug-likeness (QED) is 0.848. The fraction of sp³-hybridized carbons (Fsp3) is 0.333. The number of hydrogen-bond donors (Lipinski definition) is 2. The lowest BCUT2D eigenvalue weighted by atomic mass is 10.2. The van der Waals surface area contributed by atoms with Gasteiger partial charge >= 0.3 is 0 Å². The van der Waals surface area contributed by atoms with E-state index in [-0.39, 0.29) is 5.91 Å². The molecule has 1 amide bonds. The van der Waals surface area contributed by atoms with E-state index >= 15 is 0 Å². The van der Waals surface area contributed by atoms with Crippen LogP contribution in [0.15, 0.2) is 48.7 Å². The fourth-order valence-electron chi connectivity index (χ4n) is 2.56. The average molecular weight is 326 g/mol. The van der Waals surface area contributed by atoms with Crippen LogP contribution in [0.1, 0.15) is 10.5 Å². The molecular weight excluding hydrogens is 304 g/mol. The zero-order chi connectivity index (χ0) is 16.6. The van der Waals surface area contributed by atoms with Crippen LogP contribution in [0.4, 0.5) is 11.4 Å². The van der Waals surface area contributed by atoms with Gasteiger partial charge in [-0.3, -0.25) is 14.7 Å². The maximum atomic E-state index is 12.2. The largest absolute Gasteiger partial charge is 0.379 e. The molecule has 1 aliphatic heterocycles. The van der Waals surface area contributed by atoms with Gasteiger partial charge in [0.2, 0.25) is 0 Å². The third-order valence-corrected chi connectivity index (χ3v) is 3.87. The van der Waals surface area contributed by atoms with Gasteiger partial charge < -0.3 is 15.4 Å². The molecule has 6 heteroatoms. The van der Waals surface area contributed by atoms with Crippen molar-refractivity contribution in [2.24, 2.45) is 0 Å². The van der Waals surface area contributed by atoms with Crippen molar-refractivity contribution in [1.29, 1.82) is 0 Å². The fourth-order valence-corrected chi connectivity index (χ4v) is 2.56. The Morgan fingerprint density at radius 3 is 2.71 bits per heavy atom. The molecule has 1 aromatic heterocycles. The highest BCUT2D eigenvalue weighted by atomic mass is 16.5. The van der Waals surface area contributed by atoms with E-state index in [1.165, 1.54) is 0 Å². The molecule has 0 saturated carbocycles. The summed E-state index contributed by atoms with van der Waals surface area (Å²) in [6.45, 7) is 4.81. The number of benzene rings is 1. The number of carbonyl (C=O) groups is 1. The summed E-state index contributed by atoms with van der Waals surface area (Å²) in [5.41, 5.74) is 2.23. The maximum Gasteiger partial charge on any atom is 0.269 e. The van der Waals surface area contributed by atoms with Crippen LogP contribution in [-0.4, -0.2) is 55.2 Å². The minimum Gasteiger partial charge on any atom is -0.379 e. The summed E-state index contributed by atoms with van der Waals surface area (Å²) in [5, 5.41) is 6.19. The highest BCUT2D eigenvalue weighted by molar-refractivity contribution is 5.93. The molecule has 1 saturated heterocycles. The van der Waals surface area contributed by atoms with Gasteiger partial charge in [-0.05, 0) is 24.3 Å². The van der Waals surface area contributed by atoms with E-state index < -0.39 is 0 Å². The van der Waals surface area contributed by atoms with Gasteiger partial charge in [-0.1, -0.05) is 18.2 Å². The van der Waals surface area contributed by atoms with Crippen LogP contribution in [0.3, 0.4) is 0 Å². The molecular formula is C18H22N4O2. The van der Waals surface area contributed by atoms with Gasteiger partial charge in [0, 0.05) is 43.8 Å². The summed E-state index contributed by atoms with van der Waals surface area (Å²) in [5.74, 6) is -0.153. The summed E-state index contributed by atoms with van der Waals surface area (Å²) in [4.78, 5) is 18.7. The van der Waals surface area contributed by atoms with Crippen molar-refractivity contribution in [3.63, 3.8) is 0 Å². The number of amides is 1. The van der Waals surface area contributed by atoms with Gasteiger partial charge in [0.05, 0.1) is 13.2 Å². The molecule has 3 rings (SSSR count). The first kappa shape index (κ1) is 16.4. The average Bonchev–Trinajstić information content (AvgIpc) is 2.64. The number of hydrogen-bond acceptors (Lipinski definition) is 5. The smallest absolute Gasteiger partial charge is 0.269 e. The van der Waals surface area contributed by atoms with Gasteiger partial charge in [0.25, 0.3) is 5.91 Å². The van der Waals surface area contributed by atoms with E-state index in [1.54, 1.807) is 12.3 Å². The Balaban J connectivity index is 1.52. The molecule has 0 radical (unpaired) electrons. The molecule has 1 aromatic carbocycles. The van der Waals surface area contributed by atoms with Crippen molar-refractivity contribution in [2.75, 3.05) is 44.7 Å². The highest BCUT2D eigenvalue weighted by Gasteiger charge is 2.11. The summed E-state index contributed by atoms with van der Waals surface area (Å²) in [6.07, 6.45) is 1.64. The summed E-state index contributed by atoms with van der Waals surface area (Å²) >= 11 is 0. The van der Waals surface area contributed by atoms with Crippen LogP contribution in [0.25, 0.3) is 0 Å². The molecule has 2 aromatic rings. The van der Waals surface area contributed by atoms with Crippen LogP contribution in [-0.2, 0) is 4.74 Å². The lowest BCUT2D eigenvalue weighted by Crippen LogP contribution is -2.41. The lowest BCUT2D eigenvalue weighted by molar-refractivity contribution is 0.0383. The van der Waals surface area contributed by atoms with Crippen molar-refractivity contribution in [2.45, 2.75) is 0 Å². The number of pyridine rings is 1. The van der Waals surface area contributed by atoms with E-state index in [4.69, 9.17) is 4.74 Å². The molecule has 1 fully saturated rings. The van der Waals surface area contributed by atoms with Gasteiger partial charge in [0.15, 0.2) is 0 Å². The Bertz CT molecular complexity index is 657. The van der Waals surface area contributed by atoms with Crippen molar-refractivity contribution in [3.8, 4) is 0 Å². The third kappa shape index (κ3) is 4.78. The van der Waals surface area contributed by atoms with Gasteiger partial charge in [-0.25, -0.2) is 0 Å². The molecule has 0 spiro atoms. The topological polar surface area (TPSA) is 66.5 Å². The maximum absolute atomic E-state index is 12.2. The number of morpholine rings is 1. The summed E-state index contributed by atoms with van der Waals surface area (Å²) in [6, 6.07) is 13.4. The van der Waals surface area contributed by atoms with E-state index in [2.05, 4.69) is 20.5 Å². The number of anilines is 2. The minimum atomic E-state index is -0.153. The number of nitrogens with zero attached hydrogens (tertiary/aromatic N) is 2. The molecule has 2 heterocycles. The van der Waals surface area contributed by atoms with E-state index in [0.717, 1.165) is 44.2 Å². The van der Waals surface area contributed by atoms with Crippen molar-refractivity contribution in [1.82, 2.24) is 15.2 Å². The molecule has 6 nitrogen and oxygen atoms in total. The van der Waals surface area contributed by atoms with E-state index in [1.807, 2.05) is 36.4 Å². The minimum absolute atomic E-state index is 0.153. The number of nitrogens with one attached hydrogen (secondary N) is 2. The Hall–Kier alpha value is -2.44. The summed E-state index contributed by atoms with van der Waals surface area (Å²) < 4.78 is 5.31. The van der Waals surface area contributed by atoms with E-state index in [0.29, 0.717) is 12.2 Å². The molecule has 0 aliphatic carbocycles. The summed E-state index contributed by atoms with van der Waals surface area (Å²) in [7, 11) is 0. The van der Waals surface area contributed by atoms with Crippen LogP contribution in [0, 0.1) is 0 Å². The van der Waals surface area contributed by atoms with Crippen molar-refractivity contribution in [3.05, 3.63) is 54.4 Å². The number of aromatic nitrogens is 1. The Kier molecular flexibility index (Phi) is 5.76. The normalized spacial score (nSPS) is 15.0. The zero-order valence-electron chi connectivity index (χ0n) is 13.6. The predicted octanol–water partition coefficient (Wildman–Crippen LogP) is 1.89. The second-order valence-corrected chi connectivity index (χ2v) is 5.63. The first-order valence-electron chi connectivity index (χ1n) is 8.18. The van der Waals surface area contributed by atoms with Gasteiger partial charge in [-0.15, -0.1) is 0 Å². The molecule has 0 unspecified atom stereocenters. The molecule has 1 aliphatic rings. The highest BCUT2D eigenvalue weighted by Crippen LogP contribution is 2.16. The Labute approximate surface area is 141 Å². The van der Waals surface area contributed by atoms with Gasteiger partial charge in [0.1, 0.15) is 5.69 Å². The number of para-hydroxylation sites is 1. The Morgan fingerprint density at radius 1 is 1.12 bits per heavy atom. The monoisotopic (exact) mass is 326 g/mol. The van der Waals surface area contributed by atoms with Gasteiger partial charge in [-0.2, -0.15) is 0 Å². The molecule has 24 heavy (non-hydrogen) atoms. The van der Waals surface area contributed by atoms with Crippen LogP contribution in [0.5, 0.6) is 0 Å². The standard InChI is InChI=1S/C18H22N4O2/c23-18(20-8-9-22-10-12-24-13-11-22)17-14-16(6-7-19-17)21-15-4-2-1-3-5-15/h1-7,14H,8-13H2,(H,19,21)(H,20,23). The van der Waals surface area contributed by atoms with Crippen molar-refractivity contribution >= 4 is 17.3 Å². The SMILES string of the molecule is O=C(NCCN1CCOCC1)c1cc(Nc2ccccc2)ccn1.